The lowest BCUT2D eigenvalue weighted by Gasteiger charge is -2.07. The molecule has 1 aromatic heterocycles. The standard InChI is InChI=1S/C9H14N2O/c1-3-4-7(2)9-10-6-5-8(12)11-9/h5-7H,3-4H2,1-2H3,(H,10,11,12). The van der Waals surface area contributed by atoms with E-state index in [1.54, 1.807) is 6.20 Å². The molecule has 0 saturated carbocycles. The minimum Gasteiger partial charge on any atom is -0.310 e. The summed E-state index contributed by atoms with van der Waals surface area (Å²) in [6, 6.07) is 1.43. The first kappa shape index (κ1) is 8.97. The van der Waals surface area contributed by atoms with Gasteiger partial charge < -0.3 is 4.98 Å². The van der Waals surface area contributed by atoms with Crippen molar-refractivity contribution in [1.82, 2.24) is 9.97 Å². The van der Waals surface area contributed by atoms with Crippen molar-refractivity contribution in [2.45, 2.75) is 32.6 Å². The second-order valence-corrected chi connectivity index (χ2v) is 3.01. The van der Waals surface area contributed by atoms with Crippen LogP contribution in [0.5, 0.6) is 0 Å². The van der Waals surface area contributed by atoms with E-state index in [2.05, 4.69) is 23.8 Å². The van der Waals surface area contributed by atoms with Gasteiger partial charge >= 0.3 is 0 Å². The van der Waals surface area contributed by atoms with Crippen LogP contribution in [-0.4, -0.2) is 9.97 Å². The van der Waals surface area contributed by atoms with E-state index in [-0.39, 0.29) is 5.56 Å². The number of hydrogen-bond acceptors (Lipinski definition) is 2. The average molecular weight is 166 g/mol. The maximum absolute atomic E-state index is 10.9. The Bertz CT molecular complexity index is 293. The van der Waals surface area contributed by atoms with Gasteiger partial charge in [-0.3, -0.25) is 4.79 Å². The molecule has 1 heterocycles. The third kappa shape index (κ3) is 2.19. The van der Waals surface area contributed by atoms with Crippen molar-refractivity contribution in [3.63, 3.8) is 0 Å². The third-order valence-electron chi connectivity index (χ3n) is 1.88. The van der Waals surface area contributed by atoms with Gasteiger partial charge in [0.2, 0.25) is 0 Å². The lowest BCUT2D eigenvalue weighted by molar-refractivity contribution is 0.623. The SMILES string of the molecule is CCCC(C)c1nccc(=O)[nH]1. The fraction of sp³-hybridized carbons (Fsp3) is 0.556. The van der Waals surface area contributed by atoms with Gasteiger partial charge in [0, 0.05) is 18.2 Å². The Hall–Kier alpha value is -1.12. The van der Waals surface area contributed by atoms with E-state index in [0.29, 0.717) is 5.92 Å². The van der Waals surface area contributed by atoms with Crippen molar-refractivity contribution in [2.75, 3.05) is 0 Å². The molecule has 3 heteroatoms. The van der Waals surface area contributed by atoms with E-state index in [0.717, 1.165) is 18.7 Å². The van der Waals surface area contributed by atoms with Gasteiger partial charge in [0.1, 0.15) is 5.82 Å². The summed E-state index contributed by atoms with van der Waals surface area (Å²) in [5.41, 5.74) is -0.0667. The molecule has 0 aromatic carbocycles. The summed E-state index contributed by atoms with van der Waals surface area (Å²) < 4.78 is 0. The molecule has 1 N–H and O–H groups in total. The molecule has 0 aliphatic heterocycles. The highest BCUT2D eigenvalue weighted by Crippen LogP contribution is 2.14. The molecule has 0 amide bonds. The van der Waals surface area contributed by atoms with Gasteiger partial charge in [-0.1, -0.05) is 20.3 Å². The Labute approximate surface area is 71.9 Å². The van der Waals surface area contributed by atoms with Crippen LogP contribution < -0.4 is 5.56 Å². The summed E-state index contributed by atoms with van der Waals surface area (Å²) in [5.74, 6) is 1.15. The van der Waals surface area contributed by atoms with Crippen molar-refractivity contribution in [3.8, 4) is 0 Å². The van der Waals surface area contributed by atoms with Crippen LogP contribution in [-0.2, 0) is 0 Å². The van der Waals surface area contributed by atoms with Crippen molar-refractivity contribution in [3.05, 3.63) is 28.4 Å². The van der Waals surface area contributed by atoms with Crippen LogP contribution in [0.1, 0.15) is 38.4 Å². The second-order valence-electron chi connectivity index (χ2n) is 3.01. The maximum Gasteiger partial charge on any atom is 0.250 e. The summed E-state index contributed by atoms with van der Waals surface area (Å²) in [4.78, 5) is 17.7. The van der Waals surface area contributed by atoms with Crippen LogP contribution in [0.25, 0.3) is 0 Å². The van der Waals surface area contributed by atoms with E-state index in [4.69, 9.17) is 0 Å². The van der Waals surface area contributed by atoms with Gasteiger partial charge in [0.05, 0.1) is 0 Å². The Kier molecular flexibility index (Phi) is 3.02. The van der Waals surface area contributed by atoms with Crippen LogP contribution >= 0.6 is 0 Å². The summed E-state index contributed by atoms with van der Waals surface area (Å²) in [6.45, 7) is 4.19. The zero-order chi connectivity index (χ0) is 8.97. The highest BCUT2D eigenvalue weighted by molar-refractivity contribution is 4.95. The Balaban J connectivity index is 2.80. The first-order chi connectivity index (χ1) is 5.74. The Morgan fingerprint density at radius 3 is 3.00 bits per heavy atom. The molecular formula is C9H14N2O. The zero-order valence-electron chi connectivity index (χ0n) is 7.50. The minimum absolute atomic E-state index is 0.0667. The van der Waals surface area contributed by atoms with Crippen molar-refractivity contribution < 1.29 is 0 Å². The van der Waals surface area contributed by atoms with Crippen LogP contribution in [0, 0.1) is 0 Å². The first-order valence-electron chi connectivity index (χ1n) is 4.29. The van der Waals surface area contributed by atoms with Gasteiger partial charge in [-0.05, 0) is 6.42 Å². The number of nitrogens with zero attached hydrogens (tertiary/aromatic N) is 1. The summed E-state index contributed by atoms with van der Waals surface area (Å²) >= 11 is 0. The molecule has 12 heavy (non-hydrogen) atoms. The molecule has 66 valence electrons. The van der Waals surface area contributed by atoms with E-state index < -0.39 is 0 Å². The predicted octanol–water partition coefficient (Wildman–Crippen LogP) is 1.67. The van der Waals surface area contributed by atoms with Crippen LogP contribution in [0.4, 0.5) is 0 Å². The molecule has 1 atom stereocenters. The fourth-order valence-corrected chi connectivity index (χ4v) is 1.21. The van der Waals surface area contributed by atoms with Gasteiger partial charge in [-0.2, -0.15) is 0 Å². The summed E-state index contributed by atoms with van der Waals surface area (Å²) in [5, 5.41) is 0. The van der Waals surface area contributed by atoms with Gasteiger partial charge in [0.15, 0.2) is 0 Å². The lowest BCUT2D eigenvalue weighted by Crippen LogP contribution is -2.11. The van der Waals surface area contributed by atoms with E-state index in [9.17, 15) is 4.79 Å². The largest absolute Gasteiger partial charge is 0.310 e. The molecule has 3 nitrogen and oxygen atoms in total. The fourth-order valence-electron chi connectivity index (χ4n) is 1.21. The molecule has 0 radical (unpaired) electrons. The summed E-state index contributed by atoms with van der Waals surface area (Å²) in [6.07, 6.45) is 3.73. The molecule has 0 fully saturated rings. The number of aromatic nitrogens is 2. The van der Waals surface area contributed by atoms with E-state index in [1.165, 1.54) is 6.07 Å². The van der Waals surface area contributed by atoms with Crippen molar-refractivity contribution in [1.29, 1.82) is 0 Å². The molecule has 0 aliphatic rings. The quantitative estimate of drug-likeness (QED) is 0.742. The lowest BCUT2D eigenvalue weighted by atomic mass is 10.1. The van der Waals surface area contributed by atoms with Gasteiger partial charge in [-0.15, -0.1) is 0 Å². The minimum atomic E-state index is -0.0667. The molecule has 0 bridgehead atoms. The number of H-pyrrole nitrogens is 1. The van der Waals surface area contributed by atoms with Crippen LogP contribution in [0.2, 0.25) is 0 Å². The highest BCUT2D eigenvalue weighted by Gasteiger charge is 2.05. The first-order valence-corrected chi connectivity index (χ1v) is 4.29. The monoisotopic (exact) mass is 166 g/mol. The Morgan fingerprint density at radius 1 is 1.67 bits per heavy atom. The molecule has 1 unspecified atom stereocenters. The van der Waals surface area contributed by atoms with Crippen LogP contribution in [0.3, 0.4) is 0 Å². The summed E-state index contributed by atoms with van der Waals surface area (Å²) in [7, 11) is 0. The highest BCUT2D eigenvalue weighted by atomic mass is 16.1. The third-order valence-corrected chi connectivity index (χ3v) is 1.88. The number of nitrogens with one attached hydrogen (secondary N) is 1. The second kappa shape index (κ2) is 4.04. The number of rotatable bonds is 3. The molecule has 1 aromatic rings. The van der Waals surface area contributed by atoms with Gasteiger partial charge in [0.25, 0.3) is 5.56 Å². The normalized spacial score (nSPS) is 12.8. The van der Waals surface area contributed by atoms with Crippen LogP contribution in [0.15, 0.2) is 17.1 Å². The van der Waals surface area contributed by atoms with Crippen molar-refractivity contribution in [2.24, 2.45) is 0 Å². The molecule has 0 spiro atoms. The molecule has 0 saturated heterocycles. The molecule has 0 aliphatic carbocycles. The molecular weight excluding hydrogens is 152 g/mol. The zero-order valence-corrected chi connectivity index (χ0v) is 7.50. The van der Waals surface area contributed by atoms with E-state index in [1.807, 2.05) is 0 Å². The smallest absolute Gasteiger partial charge is 0.250 e. The number of hydrogen-bond donors (Lipinski definition) is 1. The topological polar surface area (TPSA) is 45.8 Å². The molecule has 1 rings (SSSR count). The number of aromatic amines is 1. The Morgan fingerprint density at radius 2 is 2.42 bits per heavy atom. The maximum atomic E-state index is 10.9. The predicted molar refractivity (Wildman–Crippen MR) is 48.2 cm³/mol. The average Bonchev–Trinajstić information content (AvgIpc) is 2.05. The van der Waals surface area contributed by atoms with Crippen molar-refractivity contribution >= 4 is 0 Å². The van der Waals surface area contributed by atoms with E-state index >= 15 is 0 Å². The van der Waals surface area contributed by atoms with Gasteiger partial charge in [-0.25, -0.2) is 4.98 Å².